The first-order valence-corrected chi connectivity index (χ1v) is 12.7. The van der Waals surface area contributed by atoms with Gasteiger partial charge in [0.15, 0.2) is 17.3 Å². The van der Waals surface area contributed by atoms with E-state index in [-0.39, 0.29) is 18.0 Å². The number of rotatable bonds is 9. The Morgan fingerprint density at radius 3 is 2.69 bits per heavy atom. The molecule has 0 radical (unpaired) electrons. The molecular weight excluding hydrogens is 500 g/mol. The molecule has 2 aromatic carbocycles. The van der Waals surface area contributed by atoms with Crippen LogP contribution in [0, 0.1) is 5.41 Å². The van der Waals surface area contributed by atoms with Crippen molar-refractivity contribution in [3.8, 4) is 17.2 Å². The maximum absolute atomic E-state index is 12.6. The number of methoxy groups -OCH3 is 1. The summed E-state index contributed by atoms with van der Waals surface area (Å²) >= 11 is 7.77. The molecule has 36 heavy (non-hydrogen) atoms. The highest BCUT2D eigenvalue weighted by atomic mass is 35.5. The van der Waals surface area contributed by atoms with Crippen molar-refractivity contribution in [2.75, 3.05) is 20.3 Å². The Balaban J connectivity index is 1.47. The highest BCUT2D eigenvalue weighted by Gasteiger charge is 2.34. The number of nitrogens with one attached hydrogen (secondary N) is 1. The van der Waals surface area contributed by atoms with Gasteiger partial charge in [0.25, 0.3) is 5.91 Å². The molecule has 188 valence electrons. The van der Waals surface area contributed by atoms with Gasteiger partial charge in [0.1, 0.15) is 19.0 Å². The van der Waals surface area contributed by atoms with Crippen LogP contribution in [0.1, 0.15) is 44.2 Å². The highest BCUT2D eigenvalue weighted by Crippen LogP contribution is 2.38. The minimum atomic E-state index is -0.506. The summed E-state index contributed by atoms with van der Waals surface area (Å²) in [4.78, 5) is 16.6. The van der Waals surface area contributed by atoms with Crippen LogP contribution in [0.3, 0.4) is 0 Å². The van der Waals surface area contributed by atoms with Crippen molar-refractivity contribution < 1.29 is 19.0 Å². The Hall–Kier alpha value is -3.30. The van der Waals surface area contributed by atoms with Crippen molar-refractivity contribution in [2.45, 2.75) is 33.1 Å². The first kappa shape index (κ1) is 25.8. The molecule has 10 heteroatoms. The predicted molar refractivity (Wildman–Crippen MR) is 145 cm³/mol. The maximum Gasteiger partial charge on any atom is 0.283 e. The van der Waals surface area contributed by atoms with Gasteiger partial charge in [-0.3, -0.25) is 10.2 Å². The fourth-order valence-electron chi connectivity index (χ4n) is 3.75. The van der Waals surface area contributed by atoms with Crippen LogP contribution in [-0.2, 0) is 4.79 Å². The van der Waals surface area contributed by atoms with Crippen molar-refractivity contribution in [1.29, 1.82) is 5.41 Å². The number of hydrogen-bond acceptors (Lipinski definition) is 7. The summed E-state index contributed by atoms with van der Waals surface area (Å²) < 4.78 is 17.4. The molecule has 0 unspecified atom stereocenters. The van der Waals surface area contributed by atoms with Crippen LogP contribution in [-0.4, -0.2) is 47.3 Å². The van der Waals surface area contributed by atoms with Gasteiger partial charge in [0.05, 0.1) is 22.7 Å². The number of carbonyl (C=O) groups excluding carboxylic acids is 1. The number of benzene rings is 2. The number of fused-ring (bicyclic) bond motifs is 1. The number of nitrogens with zero attached hydrogens (tertiary/aromatic N) is 3. The molecule has 0 aromatic heterocycles. The van der Waals surface area contributed by atoms with Crippen molar-refractivity contribution in [1.82, 2.24) is 5.01 Å². The molecule has 0 saturated carbocycles. The van der Waals surface area contributed by atoms with Crippen LogP contribution in [0.15, 0.2) is 52.1 Å². The zero-order chi connectivity index (χ0) is 25.8. The third kappa shape index (κ3) is 5.42. The number of thioether (sulfide) groups is 1. The van der Waals surface area contributed by atoms with Crippen molar-refractivity contribution in [3.05, 3.63) is 58.1 Å². The van der Waals surface area contributed by atoms with Crippen LogP contribution < -0.4 is 14.2 Å². The number of ether oxygens (including phenoxy) is 3. The maximum atomic E-state index is 12.6. The van der Waals surface area contributed by atoms with E-state index in [1.807, 2.05) is 18.2 Å². The Morgan fingerprint density at radius 1 is 1.19 bits per heavy atom. The van der Waals surface area contributed by atoms with Gasteiger partial charge in [-0.15, -0.1) is 0 Å². The lowest BCUT2D eigenvalue weighted by molar-refractivity contribution is -0.114. The summed E-state index contributed by atoms with van der Waals surface area (Å²) in [6.07, 6.45) is 2.57. The van der Waals surface area contributed by atoms with E-state index in [2.05, 4.69) is 30.0 Å². The van der Waals surface area contributed by atoms with E-state index in [1.54, 1.807) is 25.1 Å². The number of amides is 1. The van der Waals surface area contributed by atoms with Gasteiger partial charge in [-0.05, 0) is 66.4 Å². The molecular formula is C26H27ClN4O4S. The van der Waals surface area contributed by atoms with E-state index in [0.717, 1.165) is 12.2 Å². The second-order valence-corrected chi connectivity index (χ2v) is 9.78. The lowest BCUT2D eigenvalue weighted by Gasteiger charge is -2.20. The molecule has 4 rings (SSSR count). The summed E-state index contributed by atoms with van der Waals surface area (Å²) in [5.74, 6) is 1.47. The smallest absolute Gasteiger partial charge is 0.283 e. The van der Waals surface area contributed by atoms with Crippen LogP contribution in [0.2, 0.25) is 5.02 Å². The minimum absolute atomic E-state index is 0.0420. The molecule has 2 aromatic rings. The molecule has 2 aliphatic rings. The lowest BCUT2D eigenvalue weighted by atomic mass is 9.98. The SMILES string of the molecule is CC[C@@H](C)c1ccccc1OCCOc1c(Cl)cc(/C=C2/C(=N)N3N=C(C)SC3=NC2=O)cc1OC. The van der Waals surface area contributed by atoms with Crippen molar-refractivity contribution in [3.63, 3.8) is 0 Å². The van der Waals surface area contributed by atoms with E-state index < -0.39 is 5.91 Å². The molecule has 0 fully saturated rings. The molecule has 0 saturated heterocycles. The van der Waals surface area contributed by atoms with Crippen LogP contribution in [0.5, 0.6) is 17.2 Å². The van der Waals surface area contributed by atoms with E-state index in [4.69, 9.17) is 31.2 Å². The Morgan fingerprint density at radius 2 is 1.94 bits per heavy atom. The molecule has 1 N–H and O–H groups in total. The fourth-order valence-corrected chi connectivity index (χ4v) is 4.76. The van der Waals surface area contributed by atoms with Gasteiger partial charge < -0.3 is 14.2 Å². The normalized spacial score (nSPS) is 17.0. The number of amidine groups is 2. The van der Waals surface area contributed by atoms with Crippen molar-refractivity contribution in [2.24, 2.45) is 10.1 Å². The van der Waals surface area contributed by atoms with Gasteiger partial charge in [0.2, 0.25) is 5.17 Å². The summed E-state index contributed by atoms with van der Waals surface area (Å²) in [5, 5.41) is 15.4. The van der Waals surface area contributed by atoms with Gasteiger partial charge >= 0.3 is 0 Å². The van der Waals surface area contributed by atoms with Crippen LogP contribution in [0.4, 0.5) is 0 Å². The number of para-hydroxylation sites is 1. The molecule has 0 aliphatic carbocycles. The molecule has 0 bridgehead atoms. The van der Waals surface area contributed by atoms with E-state index in [9.17, 15) is 4.79 Å². The summed E-state index contributed by atoms with van der Waals surface area (Å²) in [5.41, 5.74) is 1.85. The number of hydrazone groups is 1. The zero-order valence-electron chi connectivity index (χ0n) is 20.5. The first-order chi connectivity index (χ1) is 17.3. The third-order valence-electron chi connectivity index (χ3n) is 5.77. The Bertz CT molecular complexity index is 1290. The lowest BCUT2D eigenvalue weighted by Crippen LogP contribution is -2.35. The summed E-state index contributed by atoms with van der Waals surface area (Å²) in [6, 6.07) is 11.4. The Labute approximate surface area is 219 Å². The summed E-state index contributed by atoms with van der Waals surface area (Å²) in [6.45, 7) is 6.71. The quantitative estimate of drug-likeness (QED) is 0.320. The zero-order valence-corrected chi connectivity index (χ0v) is 22.1. The minimum Gasteiger partial charge on any atom is -0.493 e. The average Bonchev–Trinajstić information content (AvgIpc) is 3.24. The Kier molecular flexibility index (Phi) is 8.01. The van der Waals surface area contributed by atoms with Gasteiger partial charge in [-0.25, -0.2) is 0 Å². The second-order valence-electron chi connectivity index (χ2n) is 8.22. The van der Waals surface area contributed by atoms with Gasteiger partial charge in [-0.2, -0.15) is 15.1 Å². The summed E-state index contributed by atoms with van der Waals surface area (Å²) in [7, 11) is 1.51. The van der Waals surface area contributed by atoms with Crippen LogP contribution in [0.25, 0.3) is 6.08 Å². The molecule has 2 heterocycles. The highest BCUT2D eigenvalue weighted by molar-refractivity contribution is 8.26. The fraction of sp³-hybridized carbons (Fsp3) is 0.308. The van der Waals surface area contributed by atoms with Crippen LogP contribution >= 0.6 is 23.4 Å². The molecule has 1 atom stereocenters. The first-order valence-electron chi connectivity index (χ1n) is 11.5. The molecule has 0 spiro atoms. The monoisotopic (exact) mass is 526 g/mol. The van der Waals surface area contributed by atoms with E-state index in [1.165, 1.54) is 29.4 Å². The number of carbonyl (C=O) groups is 1. The molecule has 1 amide bonds. The second kappa shape index (κ2) is 11.2. The topological polar surface area (TPSA) is 96.6 Å². The van der Waals surface area contributed by atoms with Gasteiger partial charge in [0, 0.05) is 0 Å². The number of hydrogen-bond donors (Lipinski definition) is 1. The predicted octanol–water partition coefficient (Wildman–Crippen LogP) is 5.96. The number of aliphatic imine (C=N–C) groups is 1. The van der Waals surface area contributed by atoms with E-state index >= 15 is 0 Å². The molecule has 8 nitrogen and oxygen atoms in total. The van der Waals surface area contributed by atoms with Crippen molar-refractivity contribution >= 4 is 51.4 Å². The third-order valence-corrected chi connectivity index (χ3v) is 6.87. The standard InChI is InChI=1S/C26H27ClN4O4S/c1-5-15(2)18-8-6-7-9-21(18)34-10-11-35-23-20(27)13-17(14-22(23)33-4)12-19-24(28)31-26(29-25(19)32)36-16(3)30-31/h6-9,12-15,28H,5,10-11H2,1-4H3/b19-12-,28-24?/t15-/m1/s1. The van der Waals surface area contributed by atoms with Gasteiger partial charge in [-0.1, -0.05) is 43.6 Å². The average molecular weight is 527 g/mol. The molecule has 2 aliphatic heterocycles. The number of halogens is 1. The largest absolute Gasteiger partial charge is 0.493 e. The van der Waals surface area contributed by atoms with E-state index in [0.29, 0.717) is 44.8 Å².